The molecule has 42 heavy (non-hydrogen) atoms. The summed E-state index contributed by atoms with van der Waals surface area (Å²) in [5, 5.41) is 15.3. The number of anilines is 1. The molecule has 0 bridgehead atoms. The van der Waals surface area contributed by atoms with Crippen molar-refractivity contribution in [1.29, 1.82) is 0 Å². The molecule has 3 aromatic carbocycles. The van der Waals surface area contributed by atoms with E-state index in [1.54, 1.807) is 0 Å². The topological polar surface area (TPSA) is 93.0 Å². The molecule has 0 radical (unpaired) electrons. The fourth-order valence-corrected chi connectivity index (χ4v) is 5.39. The largest absolute Gasteiger partial charge is 0.473 e. The van der Waals surface area contributed by atoms with Gasteiger partial charge in [0.1, 0.15) is 18.9 Å². The Kier molecular flexibility index (Phi) is 7.64. The van der Waals surface area contributed by atoms with Gasteiger partial charge in [-0.1, -0.05) is 60.7 Å². The van der Waals surface area contributed by atoms with Crippen LogP contribution in [0.1, 0.15) is 18.1 Å². The van der Waals surface area contributed by atoms with Gasteiger partial charge in [0.25, 0.3) is 0 Å². The van der Waals surface area contributed by atoms with Crippen LogP contribution in [0.5, 0.6) is 11.8 Å². The van der Waals surface area contributed by atoms with Gasteiger partial charge in [0, 0.05) is 49.9 Å². The SMILES string of the molecule is C[C@@H]1CN(C(=O)O)CCN1c1ccc2c(-c3ccc(OCc4ccccc4)nc3OCc3ccccc3)nn(C)c2c1. The van der Waals surface area contributed by atoms with E-state index in [1.807, 2.05) is 84.5 Å². The number of benzene rings is 3. The normalized spacial score (nSPS) is 15.1. The van der Waals surface area contributed by atoms with Crippen LogP contribution in [0.2, 0.25) is 0 Å². The first-order valence-corrected chi connectivity index (χ1v) is 14.0. The van der Waals surface area contributed by atoms with Gasteiger partial charge in [-0.05, 0) is 42.3 Å². The number of carboxylic acid groups (broad SMARTS) is 1. The van der Waals surface area contributed by atoms with Crippen molar-refractivity contribution in [3.8, 4) is 23.0 Å². The summed E-state index contributed by atoms with van der Waals surface area (Å²) in [6.07, 6.45) is -0.872. The lowest BCUT2D eigenvalue weighted by atomic mass is 10.1. The van der Waals surface area contributed by atoms with Crippen LogP contribution >= 0.6 is 0 Å². The van der Waals surface area contributed by atoms with Gasteiger partial charge < -0.3 is 24.4 Å². The van der Waals surface area contributed by atoms with Crippen molar-refractivity contribution >= 4 is 22.7 Å². The number of fused-ring (bicyclic) bond motifs is 1. The van der Waals surface area contributed by atoms with E-state index in [9.17, 15) is 9.90 Å². The third kappa shape index (κ3) is 5.72. The fourth-order valence-electron chi connectivity index (χ4n) is 5.39. The summed E-state index contributed by atoms with van der Waals surface area (Å²) < 4.78 is 14.2. The first-order valence-electron chi connectivity index (χ1n) is 14.0. The Hall–Kier alpha value is -5.05. The molecule has 1 atom stereocenters. The van der Waals surface area contributed by atoms with Crippen LogP contribution < -0.4 is 14.4 Å². The average Bonchev–Trinajstić information content (AvgIpc) is 3.35. The Morgan fingerprint density at radius 1 is 0.905 bits per heavy atom. The lowest BCUT2D eigenvalue weighted by Gasteiger charge is -2.40. The Bertz CT molecular complexity index is 1690. The number of piperazine rings is 1. The van der Waals surface area contributed by atoms with Gasteiger partial charge in [-0.2, -0.15) is 10.1 Å². The summed E-state index contributed by atoms with van der Waals surface area (Å²) >= 11 is 0. The van der Waals surface area contributed by atoms with Crippen molar-refractivity contribution in [2.75, 3.05) is 24.5 Å². The Morgan fingerprint density at radius 2 is 1.60 bits per heavy atom. The molecule has 0 saturated carbocycles. The highest BCUT2D eigenvalue weighted by Crippen LogP contribution is 2.37. The molecule has 6 rings (SSSR count). The summed E-state index contributed by atoms with van der Waals surface area (Å²) in [5.41, 5.74) is 5.65. The van der Waals surface area contributed by atoms with E-state index in [2.05, 4.69) is 30.0 Å². The minimum absolute atomic E-state index is 0.0608. The van der Waals surface area contributed by atoms with E-state index in [1.165, 1.54) is 4.90 Å². The number of hydrogen-bond acceptors (Lipinski definition) is 6. The molecule has 0 unspecified atom stereocenters. The molecule has 1 N–H and O–H groups in total. The van der Waals surface area contributed by atoms with E-state index in [0.29, 0.717) is 44.6 Å². The molecule has 1 fully saturated rings. The maximum atomic E-state index is 11.4. The second-order valence-electron chi connectivity index (χ2n) is 10.5. The highest BCUT2D eigenvalue weighted by Gasteiger charge is 2.27. The van der Waals surface area contributed by atoms with Gasteiger partial charge in [-0.25, -0.2) is 4.79 Å². The van der Waals surface area contributed by atoms with Crippen LogP contribution in [-0.4, -0.2) is 56.5 Å². The predicted octanol–water partition coefficient (Wildman–Crippen LogP) is 5.98. The zero-order chi connectivity index (χ0) is 29.1. The van der Waals surface area contributed by atoms with E-state index in [4.69, 9.17) is 19.6 Å². The number of ether oxygens (including phenoxy) is 2. The molecule has 0 spiro atoms. The maximum absolute atomic E-state index is 11.4. The van der Waals surface area contributed by atoms with E-state index >= 15 is 0 Å². The predicted molar refractivity (Wildman–Crippen MR) is 162 cm³/mol. The smallest absolute Gasteiger partial charge is 0.407 e. The molecule has 3 heterocycles. The standard InChI is InChI=1S/C33H33N5O4/c1-23-20-37(33(39)40)17-18-38(23)26-13-14-27-29(19-26)36(2)35-31(27)28-15-16-30(41-21-24-9-5-3-6-10-24)34-32(28)42-22-25-11-7-4-8-12-25/h3-16,19,23H,17-18,20-22H2,1-2H3,(H,39,40)/t23-/m1/s1. The molecule has 9 nitrogen and oxygen atoms in total. The zero-order valence-corrected chi connectivity index (χ0v) is 23.7. The summed E-state index contributed by atoms with van der Waals surface area (Å²) in [6, 6.07) is 30.1. The average molecular weight is 564 g/mol. The molecule has 1 aliphatic heterocycles. The minimum atomic E-state index is -0.872. The summed E-state index contributed by atoms with van der Waals surface area (Å²) in [5.74, 6) is 0.926. The molecule has 5 aromatic rings. The third-order valence-corrected chi connectivity index (χ3v) is 7.60. The van der Waals surface area contributed by atoms with Crippen molar-refractivity contribution in [3.05, 3.63) is 102 Å². The summed E-state index contributed by atoms with van der Waals surface area (Å²) in [7, 11) is 1.93. The molecule has 2 aromatic heterocycles. The molecule has 9 heteroatoms. The number of aryl methyl sites for hydroxylation is 1. The van der Waals surface area contributed by atoms with Crippen LogP contribution in [0, 0.1) is 0 Å². The van der Waals surface area contributed by atoms with Crippen LogP contribution in [0.15, 0.2) is 91.0 Å². The van der Waals surface area contributed by atoms with Gasteiger partial charge >= 0.3 is 6.09 Å². The van der Waals surface area contributed by atoms with Crippen LogP contribution in [-0.2, 0) is 20.3 Å². The molecule has 214 valence electrons. The molecule has 1 amide bonds. The number of pyridine rings is 1. The van der Waals surface area contributed by atoms with Crippen LogP contribution in [0.4, 0.5) is 10.5 Å². The number of amides is 1. The molecular weight excluding hydrogens is 530 g/mol. The Labute approximate surface area is 244 Å². The van der Waals surface area contributed by atoms with Gasteiger partial charge in [0.15, 0.2) is 0 Å². The van der Waals surface area contributed by atoms with Crippen molar-refractivity contribution < 1.29 is 19.4 Å². The third-order valence-electron chi connectivity index (χ3n) is 7.60. The van der Waals surface area contributed by atoms with Crippen LogP contribution in [0.25, 0.3) is 22.2 Å². The quantitative estimate of drug-likeness (QED) is 0.248. The van der Waals surface area contributed by atoms with E-state index in [-0.39, 0.29) is 6.04 Å². The van der Waals surface area contributed by atoms with Gasteiger partial charge in [0.2, 0.25) is 11.8 Å². The highest BCUT2D eigenvalue weighted by atomic mass is 16.5. The first kappa shape index (κ1) is 27.1. The fraction of sp³-hybridized carbons (Fsp3) is 0.242. The monoisotopic (exact) mass is 563 g/mol. The lowest BCUT2D eigenvalue weighted by molar-refractivity contribution is 0.136. The maximum Gasteiger partial charge on any atom is 0.407 e. The highest BCUT2D eigenvalue weighted by molar-refractivity contribution is 5.96. The number of carbonyl (C=O) groups is 1. The van der Waals surface area contributed by atoms with Gasteiger partial charge in [-0.15, -0.1) is 0 Å². The zero-order valence-electron chi connectivity index (χ0n) is 23.7. The number of hydrogen-bond donors (Lipinski definition) is 1. The van der Waals surface area contributed by atoms with Gasteiger partial charge in [-0.3, -0.25) is 4.68 Å². The van der Waals surface area contributed by atoms with Crippen LogP contribution in [0.3, 0.4) is 0 Å². The van der Waals surface area contributed by atoms with E-state index in [0.717, 1.165) is 39.0 Å². The van der Waals surface area contributed by atoms with Crippen molar-refractivity contribution in [3.63, 3.8) is 0 Å². The molecule has 1 saturated heterocycles. The second-order valence-corrected chi connectivity index (χ2v) is 10.5. The second kappa shape index (κ2) is 11.8. The Balaban J connectivity index is 1.31. The minimum Gasteiger partial charge on any atom is -0.473 e. The van der Waals surface area contributed by atoms with Crippen molar-refractivity contribution in [2.24, 2.45) is 7.05 Å². The van der Waals surface area contributed by atoms with E-state index < -0.39 is 6.09 Å². The lowest BCUT2D eigenvalue weighted by Crippen LogP contribution is -2.53. The number of rotatable bonds is 8. The summed E-state index contributed by atoms with van der Waals surface area (Å²) in [6.45, 7) is 4.39. The number of nitrogens with zero attached hydrogens (tertiary/aromatic N) is 5. The summed E-state index contributed by atoms with van der Waals surface area (Å²) in [4.78, 5) is 19.9. The Morgan fingerprint density at radius 3 is 2.26 bits per heavy atom. The van der Waals surface area contributed by atoms with Gasteiger partial charge in [0.05, 0.1) is 11.1 Å². The molecular formula is C33H33N5O4. The van der Waals surface area contributed by atoms with Crippen molar-refractivity contribution in [1.82, 2.24) is 19.7 Å². The molecule has 1 aliphatic rings. The van der Waals surface area contributed by atoms with Crippen molar-refractivity contribution in [2.45, 2.75) is 26.2 Å². The number of aromatic nitrogens is 3. The molecule has 0 aliphatic carbocycles. The first-order chi connectivity index (χ1) is 20.5.